The van der Waals surface area contributed by atoms with Crippen molar-refractivity contribution in [3.05, 3.63) is 94.8 Å². The molecule has 0 saturated heterocycles. The van der Waals surface area contributed by atoms with Crippen LogP contribution in [0.15, 0.2) is 72.9 Å². The van der Waals surface area contributed by atoms with E-state index in [0.717, 1.165) is 22.5 Å². The van der Waals surface area contributed by atoms with E-state index in [1.807, 2.05) is 54.6 Å². The van der Waals surface area contributed by atoms with Crippen molar-refractivity contribution in [2.45, 2.75) is 20.1 Å². The number of fused-ring (bicyclic) bond motifs is 1. The Kier molecular flexibility index (Phi) is 6.84. The van der Waals surface area contributed by atoms with E-state index < -0.39 is 23.9 Å². The van der Waals surface area contributed by atoms with Gasteiger partial charge in [-0.25, -0.2) is 18.4 Å². The van der Waals surface area contributed by atoms with Crippen LogP contribution in [0.3, 0.4) is 0 Å². The van der Waals surface area contributed by atoms with Gasteiger partial charge in [-0.05, 0) is 47.9 Å². The van der Waals surface area contributed by atoms with Crippen LogP contribution in [-0.2, 0) is 6.73 Å². The van der Waals surface area contributed by atoms with Crippen LogP contribution in [0.1, 0.15) is 37.8 Å². The van der Waals surface area contributed by atoms with Crippen molar-refractivity contribution in [1.82, 2.24) is 14.8 Å². The highest BCUT2D eigenvalue weighted by Gasteiger charge is 2.24. The summed E-state index contributed by atoms with van der Waals surface area (Å²) in [5, 5.41) is 7.27. The number of hydrogen-bond acceptors (Lipinski definition) is 6. The van der Waals surface area contributed by atoms with E-state index in [9.17, 15) is 18.4 Å². The summed E-state index contributed by atoms with van der Waals surface area (Å²) in [7, 11) is 0. The van der Waals surface area contributed by atoms with Gasteiger partial charge in [0.1, 0.15) is 21.2 Å². The third-order valence-electron chi connectivity index (χ3n) is 5.76. The Morgan fingerprint density at radius 3 is 2.47 bits per heavy atom. The molecule has 2 amide bonds. The number of rotatable bonds is 8. The van der Waals surface area contributed by atoms with Gasteiger partial charge in [-0.15, -0.1) is 11.3 Å². The van der Waals surface area contributed by atoms with Gasteiger partial charge in [-0.3, -0.25) is 9.59 Å². The van der Waals surface area contributed by atoms with Gasteiger partial charge in [-0.1, -0.05) is 42.5 Å². The Morgan fingerprint density at radius 1 is 1.08 bits per heavy atom. The van der Waals surface area contributed by atoms with Crippen molar-refractivity contribution in [2.24, 2.45) is 5.73 Å². The molecule has 0 saturated carbocycles. The zero-order chi connectivity index (χ0) is 26.8. The Hall–Kier alpha value is -4.64. The fraction of sp³-hybridized carbons (Fsp3) is 0.111. The lowest BCUT2D eigenvalue weighted by Gasteiger charge is -2.08. The summed E-state index contributed by atoms with van der Waals surface area (Å²) >= 11 is 0.846. The van der Waals surface area contributed by atoms with E-state index in [0.29, 0.717) is 16.7 Å². The number of halogens is 2. The number of nitrogens with zero attached hydrogens (tertiary/aromatic N) is 3. The van der Waals surface area contributed by atoms with Crippen LogP contribution in [0.2, 0.25) is 0 Å². The molecule has 0 aliphatic heterocycles. The molecular weight excluding hydrogens is 512 g/mol. The number of nitrogens with one attached hydrogen (secondary N) is 1. The van der Waals surface area contributed by atoms with Gasteiger partial charge in [0.15, 0.2) is 12.4 Å². The number of benzene rings is 2. The van der Waals surface area contributed by atoms with E-state index in [1.54, 1.807) is 13.1 Å². The van der Waals surface area contributed by atoms with Gasteiger partial charge in [0.2, 0.25) is 0 Å². The number of thiophene rings is 1. The second-order valence-electron chi connectivity index (χ2n) is 8.37. The quantitative estimate of drug-likeness (QED) is 0.262. The number of aryl methyl sites for hydroxylation is 1. The summed E-state index contributed by atoms with van der Waals surface area (Å²) in [5.74, 6) is -0.776. The van der Waals surface area contributed by atoms with E-state index in [4.69, 9.17) is 10.5 Å². The molecule has 192 valence electrons. The first kappa shape index (κ1) is 25.0. The number of hydrogen-bond donors (Lipinski definition) is 2. The minimum atomic E-state index is -2.77. The second kappa shape index (κ2) is 10.4. The summed E-state index contributed by atoms with van der Waals surface area (Å²) < 4.78 is 33.6. The number of amides is 2. The van der Waals surface area contributed by atoms with E-state index in [2.05, 4.69) is 15.4 Å². The number of anilines is 1. The molecule has 5 aromatic rings. The Labute approximate surface area is 219 Å². The molecule has 3 aromatic heterocycles. The minimum Gasteiger partial charge on any atom is -0.471 e. The van der Waals surface area contributed by atoms with Gasteiger partial charge in [-0.2, -0.15) is 5.10 Å². The zero-order valence-electron chi connectivity index (χ0n) is 20.0. The van der Waals surface area contributed by atoms with Crippen molar-refractivity contribution in [2.75, 3.05) is 5.32 Å². The van der Waals surface area contributed by atoms with Gasteiger partial charge >= 0.3 is 0 Å². The van der Waals surface area contributed by atoms with Crippen LogP contribution in [0.5, 0.6) is 5.75 Å². The largest absolute Gasteiger partial charge is 0.471 e. The predicted molar refractivity (Wildman–Crippen MR) is 141 cm³/mol. The van der Waals surface area contributed by atoms with Gasteiger partial charge in [0, 0.05) is 11.6 Å². The second-order valence-corrected chi connectivity index (χ2v) is 9.37. The van der Waals surface area contributed by atoms with Crippen LogP contribution in [0, 0.1) is 6.92 Å². The number of carbonyl (C=O) groups excluding carboxylic acids is 2. The average molecular weight is 534 g/mol. The Bertz CT molecular complexity index is 1630. The van der Waals surface area contributed by atoms with Crippen LogP contribution in [0.4, 0.5) is 14.5 Å². The number of aromatic nitrogens is 3. The zero-order valence-corrected chi connectivity index (χ0v) is 20.8. The van der Waals surface area contributed by atoms with Gasteiger partial charge in [0.25, 0.3) is 18.2 Å². The van der Waals surface area contributed by atoms with Crippen LogP contribution >= 0.6 is 11.3 Å². The SMILES string of the molecule is Cc1cc(C(F)F)nc2sc(C(N)=O)c(NC(=O)c3ccn(COc4ccc(-c5ccccc5)cc4)n3)c12. The monoisotopic (exact) mass is 533 g/mol. The number of nitrogens with two attached hydrogens (primary N) is 1. The fourth-order valence-electron chi connectivity index (χ4n) is 3.96. The van der Waals surface area contributed by atoms with Crippen molar-refractivity contribution >= 4 is 39.1 Å². The summed E-state index contributed by atoms with van der Waals surface area (Å²) in [6.07, 6.45) is -1.20. The molecule has 0 aliphatic rings. The maximum atomic E-state index is 13.2. The van der Waals surface area contributed by atoms with Crippen LogP contribution in [-0.4, -0.2) is 26.6 Å². The van der Waals surface area contributed by atoms with Crippen molar-refractivity contribution in [1.29, 1.82) is 0 Å². The molecule has 0 spiro atoms. The highest BCUT2D eigenvalue weighted by molar-refractivity contribution is 7.21. The fourth-order valence-corrected chi connectivity index (χ4v) is 5.02. The molecule has 0 unspecified atom stereocenters. The highest BCUT2D eigenvalue weighted by Crippen LogP contribution is 2.38. The number of primary amides is 1. The minimum absolute atomic E-state index is 0.0112. The number of carbonyl (C=O) groups is 2. The predicted octanol–water partition coefficient (Wildman–Crippen LogP) is 5.79. The lowest BCUT2D eigenvalue weighted by atomic mass is 10.1. The summed E-state index contributed by atoms with van der Waals surface area (Å²) in [6.45, 7) is 1.66. The first-order valence-corrected chi connectivity index (χ1v) is 12.3. The highest BCUT2D eigenvalue weighted by atomic mass is 32.1. The third-order valence-corrected chi connectivity index (χ3v) is 6.86. The van der Waals surface area contributed by atoms with Crippen molar-refractivity contribution < 1.29 is 23.1 Å². The Morgan fingerprint density at radius 2 is 1.79 bits per heavy atom. The molecule has 11 heteroatoms. The van der Waals surface area contributed by atoms with Crippen molar-refractivity contribution in [3.8, 4) is 16.9 Å². The maximum absolute atomic E-state index is 13.2. The number of alkyl halides is 2. The van der Waals surface area contributed by atoms with E-state index >= 15 is 0 Å². The van der Waals surface area contributed by atoms with Crippen molar-refractivity contribution in [3.63, 3.8) is 0 Å². The molecule has 2 aromatic carbocycles. The smallest absolute Gasteiger partial charge is 0.280 e. The standard InChI is InChI=1S/C27H21F2N5O3S/c1-15-13-20(24(28)29)31-27-21(15)22(23(38-27)25(30)35)32-26(36)19-11-12-34(33-19)14-37-18-9-7-17(8-10-18)16-5-3-2-4-6-16/h2-13,24H,14H2,1H3,(H2,30,35)(H,32,36). The maximum Gasteiger partial charge on any atom is 0.280 e. The molecule has 3 heterocycles. The lowest BCUT2D eigenvalue weighted by Crippen LogP contribution is -2.17. The normalized spacial score (nSPS) is 11.2. The number of pyridine rings is 1. The number of ether oxygens (including phenoxy) is 1. The topological polar surface area (TPSA) is 112 Å². The molecule has 0 fully saturated rings. The molecule has 3 N–H and O–H groups in total. The Balaban J connectivity index is 1.30. The molecule has 0 bridgehead atoms. The molecule has 0 radical (unpaired) electrons. The van der Waals surface area contributed by atoms with Crippen LogP contribution < -0.4 is 15.8 Å². The molecule has 38 heavy (non-hydrogen) atoms. The molecule has 8 nitrogen and oxygen atoms in total. The molecule has 0 atom stereocenters. The summed E-state index contributed by atoms with van der Waals surface area (Å²) in [5.41, 5.74) is 7.85. The summed E-state index contributed by atoms with van der Waals surface area (Å²) in [4.78, 5) is 29.1. The summed E-state index contributed by atoms with van der Waals surface area (Å²) in [6, 6.07) is 20.3. The van der Waals surface area contributed by atoms with E-state index in [-0.39, 0.29) is 27.8 Å². The first-order chi connectivity index (χ1) is 18.3. The van der Waals surface area contributed by atoms with Gasteiger partial charge in [0.05, 0.1) is 5.69 Å². The average Bonchev–Trinajstić information content (AvgIpc) is 3.54. The van der Waals surface area contributed by atoms with E-state index in [1.165, 1.54) is 16.8 Å². The lowest BCUT2D eigenvalue weighted by molar-refractivity contribution is 0.100. The third kappa shape index (κ3) is 5.09. The van der Waals surface area contributed by atoms with Crippen LogP contribution in [0.25, 0.3) is 21.3 Å². The molecule has 5 rings (SSSR count). The van der Waals surface area contributed by atoms with Gasteiger partial charge < -0.3 is 15.8 Å². The molecule has 0 aliphatic carbocycles. The molecular formula is C27H21F2N5O3S. The first-order valence-electron chi connectivity index (χ1n) is 11.4.